The van der Waals surface area contributed by atoms with Crippen LogP contribution in [0, 0.1) is 11.8 Å². The van der Waals surface area contributed by atoms with E-state index in [9.17, 15) is 14.4 Å². The van der Waals surface area contributed by atoms with Crippen LogP contribution in [-0.4, -0.2) is 65.3 Å². The summed E-state index contributed by atoms with van der Waals surface area (Å²) in [6.07, 6.45) is 1.77. The second-order valence-electron chi connectivity index (χ2n) is 8.27. The van der Waals surface area contributed by atoms with Crippen molar-refractivity contribution in [1.82, 2.24) is 4.90 Å². The van der Waals surface area contributed by atoms with Crippen LogP contribution in [0.15, 0.2) is 24.3 Å². The van der Waals surface area contributed by atoms with Crippen LogP contribution in [0.2, 0.25) is 5.02 Å². The van der Waals surface area contributed by atoms with Crippen LogP contribution in [0.25, 0.3) is 0 Å². The summed E-state index contributed by atoms with van der Waals surface area (Å²) in [6, 6.07) is 5.87. The third kappa shape index (κ3) is 3.70. The summed E-state index contributed by atoms with van der Waals surface area (Å²) in [4.78, 5) is 41.1. The summed E-state index contributed by atoms with van der Waals surface area (Å²) >= 11 is 5.93. The fraction of sp³-hybridized carbons (Fsp3) is 0.591. The van der Waals surface area contributed by atoms with E-state index in [4.69, 9.17) is 26.2 Å². The van der Waals surface area contributed by atoms with Gasteiger partial charge >= 0.3 is 5.97 Å². The minimum Gasteiger partial charge on any atom is -0.466 e. The molecule has 3 aliphatic heterocycles. The smallest absolute Gasteiger partial charge is 0.312 e. The number of anilines is 1. The van der Waals surface area contributed by atoms with Gasteiger partial charge in [0.2, 0.25) is 11.8 Å². The van der Waals surface area contributed by atoms with Gasteiger partial charge in [0.25, 0.3) is 0 Å². The number of carbonyl (C=O) groups excluding carboxylic acids is 3. The van der Waals surface area contributed by atoms with Gasteiger partial charge in [-0.15, -0.1) is 0 Å². The molecule has 0 radical (unpaired) electrons. The van der Waals surface area contributed by atoms with Gasteiger partial charge in [-0.2, -0.15) is 0 Å². The fourth-order valence-corrected chi connectivity index (χ4v) is 5.46. The maximum absolute atomic E-state index is 13.5. The van der Waals surface area contributed by atoms with E-state index < -0.39 is 35.6 Å². The minimum atomic E-state index is -1.05. The van der Waals surface area contributed by atoms with Gasteiger partial charge in [0.15, 0.2) is 0 Å². The Balaban J connectivity index is 1.65. The Kier molecular flexibility index (Phi) is 6.23. The molecular weight excluding hydrogens is 424 g/mol. The number of aliphatic hydroxyl groups is 1. The number of amides is 2. The van der Waals surface area contributed by atoms with Crippen molar-refractivity contribution in [3.8, 4) is 0 Å². The lowest BCUT2D eigenvalue weighted by atomic mass is 9.71. The predicted molar refractivity (Wildman–Crippen MR) is 112 cm³/mol. The van der Waals surface area contributed by atoms with E-state index in [0.29, 0.717) is 42.9 Å². The van der Waals surface area contributed by atoms with E-state index in [1.165, 1.54) is 4.90 Å². The van der Waals surface area contributed by atoms with Gasteiger partial charge in [-0.1, -0.05) is 11.6 Å². The van der Waals surface area contributed by atoms with E-state index >= 15 is 0 Å². The summed E-state index contributed by atoms with van der Waals surface area (Å²) in [6.45, 7) is 2.25. The number of ether oxygens (including phenoxy) is 2. The zero-order valence-electron chi connectivity index (χ0n) is 17.4. The van der Waals surface area contributed by atoms with Crippen LogP contribution in [0.3, 0.4) is 0 Å². The fourth-order valence-electron chi connectivity index (χ4n) is 5.34. The van der Waals surface area contributed by atoms with Gasteiger partial charge in [0, 0.05) is 23.9 Å². The Hall–Kier alpha value is -2.16. The topological polar surface area (TPSA) is 105 Å². The molecule has 3 fully saturated rings. The van der Waals surface area contributed by atoms with Gasteiger partial charge < -0.3 is 24.8 Å². The van der Waals surface area contributed by atoms with Gasteiger partial charge in [0.05, 0.1) is 24.5 Å². The highest BCUT2D eigenvalue weighted by Crippen LogP contribution is 2.58. The van der Waals surface area contributed by atoms with E-state index in [1.54, 1.807) is 31.2 Å². The number of nitrogens with one attached hydrogen (secondary N) is 1. The molecule has 31 heavy (non-hydrogen) atoms. The standard InChI is InChI=1S/C22H27ClN2O6/c1-2-30-21(29)16-15-9-10-22(31-15)17(16)20(28)25(11-3-4-12-26)18(22)19(27)24-14-7-5-13(23)6-8-14/h5-8,15-18,26H,2-4,9-12H2,1H3,(H,24,27)/t15-,16+,17+,18-,22+/m0/s1. The number of unbranched alkanes of at least 4 members (excludes halogenated alkanes) is 1. The van der Waals surface area contributed by atoms with Crippen LogP contribution < -0.4 is 5.32 Å². The van der Waals surface area contributed by atoms with Gasteiger partial charge in [-0.25, -0.2) is 0 Å². The van der Waals surface area contributed by atoms with E-state index in [0.717, 1.165) is 0 Å². The lowest BCUT2D eigenvalue weighted by Gasteiger charge is -2.33. The first-order valence-electron chi connectivity index (χ1n) is 10.7. The van der Waals surface area contributed by atoms with Crippen LogP contribution >= 0.6 is 11.6 Å². The SMILES string of the molecule is CCOC(=O)[C@@H]1[C@@H]2CC[C@]3(O2)[C@H](C(=O)Nc2ccc(Cl)cc2)N(CCCCO)C(=O)[C@@H]13. The first-order valence-corrected chi connectivity index (χ1v) is 11.1. The largest absolute Gasteiger partial charge is 0.466 e. The number of aliphatic hydroxyl groups excluding tert-OH is 1. The molecule has 0 unspecified atom stereocenters. The number of carbonyl (C=O) groups is 3. The molecule has 0 aliphatic carbocycles. The van der Waals surface area contributed by atoms with E-state index in [1.807, 2.05) is 0 Å². The number of nitrogens with zero attached hydrogens (tertiary/aromatic N) is 1. The van der Waals surface area contributed by atoms with Gasteiger partial charge in [-0.05, 0) is 56.9 Å². The summed E-state index contributed by atoms with van der Waals surface area (Å²) < 4.78 is 11.5. The highest BCUT2D eigenvalue weighted by molar-refractivity contribution is 6.30. The number of likely N-dealkylation sites (tertiary alicyclic amines) is 1. The Morgan fingerprint density at radius 3 is 2.74 bits per heavy atom. The second-order valence-corrected chi connectivity index (χ2v) is 8.70. The Bertz CT molecular complexity index is 862. The maximum atomic E-state index is 13.5. The third-order valence-corrected chi connectivity index (χ3v) is 6.78. The van der Waals surface area contributed by atoms with Crippen LogP contribution in [0.4, 0.5) is 5.69 Å². The molecule has 5 atom stereocenters. The van der Waals surface area contributed by atoms with Crippen LogP contribution in [0.5, 0.6) is 0 Å². The number of rotatable bonds is 8. The molecular formula is C22H27ClN2O6. The molecule has 3 saturated heterocycles. The molecule has 3 heterocycles. The quantitative estimate of drug-likeness (QED) is 0.463. The number of hydrogen-bond acceptors (Lipinski definition) is 6. The Morgan fingerprint density at radius 2 is 2.06 bits per heavy atom. The maximum Gasteiger partial charge on any atom is 0.312 e. The average Bonchev–Trinajstić information content (AvgIpc) is 3.38. The van der Waals surface area contributed by atoms with Gasteiger partial charge in [-0.3, -0.25) is 14.4 Å². The molecule has 4 rings (SSSR count). The number of halogens is 1. The summed E-state index contributed by atoms with van der Waals surface area (Å²) in [5, 5.41) is 12.6. The van der Waals surface area contributed by atoms with Crippen molar-refractivity contribution in [1.29, 1.82) is 0 Å². The van der Waals surface area contributed by atoms with Crippen molar-refractivity contribution in [2.75, 3.05) is 25.1 Å². The molecule has 9 heteroatoms. The Morgan fingerprint density at radius 1 is 1.32 bits per heavy atom. The van der Waals surface area contributed by atoms with Gasteiger partial charge in [0.1, 0.15) is 11.6 Å². The molecule has 168 valence electrons. The molecule has 1 aromatic carbocycles. The second kappa shape index (κ2) is 8.76. The van der Waals surface area contributed by atoms with Crippen molar-refractivity contribution in [3.63, 3.8) is 0 Å². The predicted octanol–water partition coefficient (Wildman–Crippen LogP) is 1.99. The number of hydrogen-bond donors (Lipinski definition) is 2. The molecule has 0 saturated carbocycles. The molecule has 3 aliphatic rings. The first kappa shape index (κ1) is 22.0. The van der Waals surface area contributed by atoms with E-state index in [2.05, 4.69) is 5.32 Å². The molecule has 8 nitrogen and oxygen atoms in total. The van der Waals surface area contributed by atoms with Crippen molar-refractivity contribution < 1.29 is 29.0 Å². The van der Waals surface area contributed by atoms with Crippen molar-refractivity contribution in [2.24, 2.45) is 11.8 Å². The minimum absolute atomic E-state index is 0.00225. The molecule has 1 aromatic rings. The number of esters is 1. The normalized spacial score (nSPS) is 31.1. The summed E-state index contributed by atoms with van der Waals surface area (Å²) in [5.74, 6) is -2.49. The monoisotopic (exact) mass is 450 g/mol. The number of fused-ring (bicyclic) bond motifs is 1. The number of benzene rings is 1. The zero-order valence-corrected chi connectivity index (χ0v) is 18.1. The zero-order chi connectivity index (χ0) is 22.2. The third-order valence-electron chi connectivity index (χ3n) is 6.53. The summed E-state index contributed by atoms with van der Waals surface area (Å²) in [7, 11) is 0. The first-order chi connectivity index (χ1) is 14.9. The van der Waals surface area contributed by atoms with Crippen LogP contribution in [-0.2, 0) is 23.9 Å². The van der Waals surface area contributed by atoms with Crippen molar-refractivity contribution in [2.45, 2.75) is 50.4 Å². The lowest BCUT2D eigenvalue weighted by Crippen LogP contribution is -2.53. The molecule has 2 bridgehead atoms. The highest BCUT2D eigenvalue weighted by Gasteiger charge is 2.74. The highest BCUT2D eigenvalue weighted by atomic mass is 35.5. The van der Waals surface area contributed by atoms with Crippen molar-refractivity contribution >= 4 is 35.1 Å². The van der Waals surface area contributed by atoms with E-state index in [-0.39, 0.29) is 25.0 Å². The molecule has 1 spiro atoms. The average molecular weight is 451 g/mol. The molecule has 2 N–H and O–H groups in total. The van der Waals surface area contributed by atoms with Crippen LogP contribution in [0.1, 0.15) is 32.6 Å². The lowest BCUT2D eigenvalue weighted by molar-refractivity contribution is -0.154. The van der Waals surface area contributed by atoms with Crippen molar-refractivity contribution in [3.05, 3.63) is 29.3 Å². The Labute approximate surface area is 185 Å². The molecule has 0 aromatic heterocycles. The molecule has 2 amide bonds. The summed E-state index contributed by atoms with van der Waals surface area (Å²) in [5.41, 5.74) is -0.485.